The van der Waals surface area contributed by atoms with Gasteiger partial charge < -0.3 is 10.0 Å². The van der Waals surface area contributed by atoms with Gasteiger partial charge in [0.25, 0.3) is 5.91 Å². The quantitative estimate of drug-likeness (QED) is 0.933. The summed E-state index contributed by atoms with van der Waals surface area (Å²) in [5.41, 5.74) is 1.61. The van der Waals surface area contributed by atoms with Gasteiger partial charge in [0.1, 0.15) is 5.69 Å². The largest absolute Gasteiger partial charge is 0.391 e. The summed E-state index contributed by atoms with van der Waals surface area (Å²) in [6.07, 6.45) is 3.76. The predicted molar refractivity (Wildman–Crippen MR) is 80.2 cm³/mol. The van der Waals surface area contributed by atoms with Gasteiger partial charge >= 0.3 is 0 Å². The van der Waals surface area contributed by atoms with Crippen LogP contribution in [0, 0.1) is 12.8 Å². The number of aliphatic hydroxyl groups excluding tert-OH is 1. The highest BCUT2D eigenvalue weighted by molar-refractivity contribution is 7.09. The number of likely N-dealkylation sites (tertiary alicyclic amines) is 1. The van der Waals surface area contributed by atoms with Crippen LogP contribution < -0.4 is 0 Å². The number of rotatable bonds is 3. The van der Waals surface area contributed by atoms with E-state index in [1.54, 1.807) is 22.7 Å². The standard InChI is InChI=1S/C15H17N3O2S/c1-10-17-13(9-21-10)15(20)18-7-12(14(19)8-18)6-11-2-4-16-5-3-11/h2-5,9,12,14,19H,6-8H2,1H3/t12-,14-/m1/s1. The number of aryl methyl sites for hydroxylation is 1. The molecule has 2 aromatic heterocycles. The molecule has 0 aliphatic carbocycles. The van der Waals surface area contributed by atoms with Crippen LogP contribution >= 0.6 is 11.3 Å². The van der Waals surface area contributed by atoms with Gasteiger partial charge in [-0.15, -0.1) is 11.3 Å². The average molecular weight is 303 g/mol. The highest BCUT2D eigenvalue weighted by atomic mass is 32.1. The second-order valence-corrected chi connectivity index (χ2v) is 6.41. The number of hydrogen-bond donors (Lipinski definition) is 1. The molecule has 0 bridgehead atoms. The molecule has 0 unspecified atom stereocenters. The van der Waals surface area contributed by atoms with E-state index in [1.165, 1.54) is 11.3 Å². The monoisotopic (exact) mass is 303 g/mol. The molecule has 1 aliphatic heterocycles. The first-order chi connectivity index (χ1) is 10.1. The van der Waals surface area contributed by atoms with E-state index in [4.69, 9.17) is 0 Å². The van der Waals surface area contributed by atoms with Crippen LogP contribution in [-0.4, -0.2) is 45.1 Å². The minimum absolute atomic E-state index is 0.0658. The summed E-state index contributed by atoms with van der Waals surface area (Å²) in [5, 5.41) is 12.9. The van der Waals surface area contributed by atoms with Crippen LogP contribution in [0.15, 0.2) is 29.9 Å². The van der Waals surface area contributed by atoms with Crippen molar-refractivity contribution >= 4 is 17.2 Å². The molecule has 21 heavy (non-hydrogen) atoms. The fourth-order valence-corrected chi connectivity index (χ4v) is 3.25. The van der Waals surface area contributed by atoms with Crippen molar-refractivity contribution in [1.29, 1.82) is 0 Å². The molecule has 6 heteroatoms. The zero-order valence-corrected chi connectivity index (χ0v) is 12.6. The van der Waals surface area contributed by atoms with Gasteiger partial charge in [0, 0.05) is 36.8 Å². The molecule has 1 amide bonds. The van der Waals surface area contributed by atoms with Crippen molar-refractivity contribution < 1.29 is 9.90 Å². The molecule has 1 N–H and O–H groups in total. The Kier molecular flexibility index (Phi) is 3.98. The van der Waals surface area contributed by atoms with Gasteiger partial charge in [-0.2, -0.15) is 0 Å². The molecule has 0 aromatic carbocycles. The Bertz CT molecular complexity index is 629. The maximum atomic E-state index is 12.4. The number of thiazole rings is 1. The summed E-state index contributed by atoms with van der Waals surface area (Å²) >= 11 is 1.47. The Morgan fingerprint density at radius 2 is 2.19 bits per heavy atom. The van der Waals surface area contributed by atoms with Crippen LogP contribution in [0.4, 0.5) is 0 Å². The van der Waals surface area contributed by atoms with Crippen molar-refractivity contribution in [3.05, 3.63) is 46.2 Å². The van der Waals surface area contributed by atoms with Crippen LogP contribution in [-0.2, 0) is 6.42 Å². The van der Waals surface area contributed by atoms with Crippen molar-refractivity contribution in [2.24, 2.45) is 5.92 Å². The van der Waals surface area contributed by atoms with Crippen molar-refractivity contribution in [1.82, 2.24) is 14.9 Å². The number of carbonyl (C=O) groups excluding carboxylic acids is 1. The van der Waals surface area contributed by atoms with Crippen LogP contribution in [0.2, 0.25) is 0 Å². The van der Waals surface area contributed by atoms with E-state index < -0.39 is 6.10 Å². The molecule has 3 rings (SSSR count). The first-order valence-corrected chi connectivity index (χ1v) is 7.80. The number of carbonyl (C=O) groups is 1. The Morgan fingerprint density at radius 1 is 1.43 bits per heavy atom. The van der Waals surface area contributed by atoms with Gasteiger partial charge in [-0.25, -0.2) is 4.98 Å². The van der Waals surface area contributed by atoms with E-state index >= 15 is 0 Å². The lowest BCUT2D eigenvalue weighted by molar-refractivity contribution is 0.0759. The second-order valence-electron chi connectivity index (χ2n) is 5.35. The van der Waals surface area contributed by atoms with Gasteiger partial charge in [0.15, 0.2) is 0 Å². The Labute approximate surface area is 127 Å². The minimum Gasteiger partial charge on any atom is -0.391 e. The molecule has 2 atom stereocenters. The van der Waals surface area contributed by atoms with Crippen molar-refractivity contribution in [2.45, 2.75) is 19.4 Å². The lowest BCUT2D eigenvalue weighted by Gasteiger charge is -2.14. The first-order valence-electron chi connectivity index (χ1n) is 6.92. The van der Waals surface area contributed by atoms with Gasteiger partial charge in [0.05, 0.1) is 11.1 Å². The zero-order valence-electron chi connectivity index (χ0n) is 11.8. The summed E-state index contributed by atoms with van der Waals surface area (Å²) in [5.74, 6) is -0.0216. The smallest absolute Gasteiger partial charge is 0.273 e. The van der Waals surface area contributed by atoms with Crippen molar-refractivity contribution in [3.63, 3.8) is 0 Å². The molecule has 0 spiro atoms. The van der Waals surface area contributed by atoms with Crippen LogP contribution in [0.1, 0.15) is 21.1 Å². The Morgan fingerprint density at radius 3 is 2.86 bits per heavy atom. The number of β-amino-alcohol motifs (C(OH)–C–C–N with tert-alkyl or cyclic N) is 1. The van der Waals surface area contributed by atoms with E-state index in [0.29, 0.717) is 18.8 Å². The summed E-state index contributed by atoms with van der Waals surface area (Å²) in [6.45, 7) is 2.83. The van der Waals surface area contributed by atoms with Gasteiger partial charge in [-0.05, 0) is 31.0 Å². The molecule has 110 valence electrons. The number of nitrogens with zero attached hydrogens (tertiary/aromatic N) is 3. The summed E-state index contributed by atoms with van der Waals surface area (Å²) < 4.78 is 0. The minimum atomic E-state index is -0.484. The van der Waals surface area contributed by atoms with Gasteiger partial charge in [-0.3, -0.25) is 9.78 Å². The van der Waals surface area contributed by atoms with Crippen LogP contribution in [0.3, 0.4) is 0 Å². The van der Waals surface area contributed by atoms with Gasteiger partial charge in [-0.1, -0.05) is 0 Å². The molecule has 3 heterocycles. The highest BCUT2D eigenvalue weighted by Gasteiger charge is 2.34. The third kappa shape index (κ3) is 3.11. The molecule has 1 fully saturated rings. The Balaban J connectivity index is 1.67. The summed E-state index contributed by atoms with van der Waals surface area (Å²) in [4.78, 5) is 22.3. The maximum absolute atomic E-state index is 12.4. The van der Waals surface area contributed by atoms with E-state index in [9.17, 15) is 9.90 Å². The molecule has 1 aliphatic rings. The van der Waals surface area contributed by atoms with Crippen molar-refractivity contribution in [3.8, 4) is 0 Å². The number of amides is 1. The highest BCUT2D eigenvalue weighted by Crippen LogP contribution is 2.23. The molecule has 2 aromatic rings. The van der Waals surface area contributed by atoms with Crippen molar-refractivity contribution in [2.75, 3.05) is 13.1 Å². The van der Waals surface area contributed by atoms with E-state index in [2.05, 4.69) is 9.97 Å². The lowest BCUT2D eigenvalue weighted by Crippen LogP contribution is -2.29. The molecule has 5 nitrogen and oxygen atoms in total. The first kappa shape index (κ1) is 14.2. The fraction of sp³-hybridized carbons (Fsp3) is 0.400. The van der Waals surface area contributed by atoms with Gasteiger partial charge in [0.2, 0.25) is 0 Å². The third-order valence-corrected chi connectivity index (χ3v) is 4.55. The Hall–Kier alpha value is -1.79. The lowest BCUT2D eigenvalue weighted by atomic mass is 9.97. The van der Waals surface area contributed by atoms with E-state index in [0.717, 1.165) is 17.0 Å². The number of aliphatic hydroxyl groups is 1. The topological polar surface area (TPSA) is 66.3 Å². The molecule has 0 saturated carbocycles. The van der Waals surface area contributed by atoms with Crippen LogP contribution in [0.25, 0.3) is 0 Å². The number of hydrogen-bond acceptors (Lipinski definition) is 5. The fourth-order valence-electron chi connectivity index (χ4n) is 2.67. The summed E-state index contributed by atoms with van der Waals surface area (Å²) in [6, 6.07) is 3.89. The normalized spacial score (nSPS) is 21.7. The summed E-state index contributed by atoms with van der Waals surface area (Å²) in [7, 11) is 0. The number of aromatic nitrogens is 2. The molecule has 1 saturated heterocycles. The average Bonchev–Trinajstić information content (AvgIpc) is 3.06. The molecular weight excluding hydrogens is 286 g/mol. The maximum Gasteiger partial charge on any atom is 0.273 e. The van der Waals surface area contributed by atoms with E-state index in [-0.39, 0.29) is 11.8 Å². The third-order valence-electron chi connectivity index (χ3n) is 3.78. The second kappa shape index (κ2) is 5.91. The SMILES string of the molecule is Cc1nc(C(=O)N2C[C@@H](Cc3ccncc3)[C@H](O)C2)cs1. The van der Waals surface area contributed by atoms with Crippen LogP contribution in [0.5, 0.6) is 0 Å². The zero-order chi connectivity index (χ0) is 14.8. The number of pyridine rings is 1. The molecule has 0 radical (unpaired) electrons. The predicted octanol–water partition coefficient (Wildman–Crippen LogP) is 1.52. The van der Waals surface area contributed by atoms with E-state index in [1.807, 2.05) is 19.1 Å². The molecular formula is C15H17N3O2S.